The summed E-state index contributed by atoms with van der Waals surface area (Å²) in [4.78, 5) is 34.2. The quantitative estimate of drug-likeness (QED) is 0.592. The Morgan fingerprint density at radius 2 is 1.85 bits per heavy atom. The van der Waals surface area contributed by atoms with Gasteiger partial charge in [0.25, 0.3) is 0 Å². The summed E-state index contributed by atoms with van der Waals surface area (Å²) in [6.45, 7) is 5.86. The van der Waals surface area contributed by atoms with E-state index in [1.165, 1.54) is 6.92 Å². The number of esters is 1. The molecule has 3 aliphatic rings. The summed E-state index contributed by atoms with van der Waals surface area (Å²) in [5.41, 5.74) is -0.433. The van der Waals surface area contributed by atoms with Crippen LogP contribution in [0.25, 0.3) is 0 Å². The monoisotopic (exact) mass is 364 g/mol. The molecule has 0 radical (unpaired) electrons. The van der Waals surface area contributed by atoms with Gasteiger partial charge in [-0.15, -0.1) is 0 Å². The number of hydrogen-bond acceptors (Lipinski definition) is 4. The molecule has 3 saturated carbocycles. The van der Waals surface area contributed by atoms with Gasteiger partial charge in [0.1, 0.15) is 11.9 Å². The van der Waals surface area contributed by atoms with Crippen LogP contribution in [0.2, 0.25) is 0 Å². The van der Waals surface area contributed by atoms with Gasteiger partial charge in [-0.3, -0.25) is 9.59 Å². The van der Waals surface area contributed by atoms with E-state index < -0.39 is 11.6 Å². The molecule has 0 aromatic rings. The SMILES string of the molecule is CC(=O)O[C@@]1(C)CC[C@H]2[C@@H]3CC[C@@H](CC(=O)O)[C@H](CC=O)[C@H]3CC[C@@]21C. The molecule has 3 rings (SSSR count). The lowest BCUT2D eigenvalue weighted by Crippen LogP contribution is -2.53. The number of carbonyl (C=O) groups is 3. The van der Waals surface area contributed by atoms with E-state index in [0.29, 0.717) is 24.2 Å². The zero-order valence-electron chi connectivity index (χ0n) is 16.2. The lowest BCUT2D eigenvalue weighted by molar-refractivity contribution is -0.178. The van der Waals surface area contributed by atoms with Crippen LogP contribution in [0, 0.1) is 35.0 Å². The fraction of sp³-hybridized carbons (Fsp3) is 0.857. The summed E-state index contributed by atoms with van der Waals surface area (Å²) in [5.74, 6) is 0.772. The average molecular weight is 364 g/mol. The van der Waals surface area contributed by atoms with Gasteiger partial charge in [0.2, 0.25) is 0 Å². The van der Waals surface area contributed by atoms with Gasteiger partial charge < -0.3 is 14.6 Å². The molecule has 0 unspecified atom stereocenters. The molecule has 0 heterocycles. The van der Waals surface area contributed by atoms with Crippen molar-refractivity contribution in [1.82, 2.24) is 0 Å². The molecule has 5 nitrogen and oxygen atoms in total. The van der Waals surface area contributed by atoms with E-state index in [2.05, 4.69) is 13.8 Å². The van der Waals surface area contributed by atoms with Crippen molar-refractivity contribution in [3.63, 3.8) is 0 Å². The van der Waals surface area contributed by atoms with Gasteiger partial charge in [-0.1, -0.05) is 6.92 Å². The van der Waals surface area contributed by atoms with Crippen molar-refractivity contribution in [2.75, 3.05) is 0 Å². The topological polar surface area (TPSA) is 80.7 Å². The third kappa shape index (κ3) is 3.07. The first-order valence-electron chi connectivity index (χ1n) is 10.1. The maximum absolute atomic E-state index is 11.7. The van der Waals surface area contributed by atoms with E-state index in [-0.39, 0.29) is 29.6 Å². The lowest BCUT2D eigenvalue weighted by Gasteiger charge is -2.56. The Morgan fingerprint density at radius 1 is 1.12 bits per heavy atom. The van der Waals surface area contributed by atoms with Gasteiger partial charge in [-0.2, -0.15) is 0 Å². The maximum Gasteiger partial charge on any atom is 0.303 e. The van der Waals surface area contributed by atoms with Crippen LogP contribution in [0.3, 0.4) is 0 Å². The third-order valence-corrected chi connectivity index (χ3v) is 8.22. The second-order valence-corrected chi connectivity index (χ2v) is 9.26. The number of fused-ring (bicyclic) bond motifs is 3. The zero-order valence-corrected chi connectivity index (χ0v) is 16.2. The summed E-state index contributed by atoms with van der Waals surface area (Å²) in [7, 11) is 0. The number of carboxylic acids is 1. The molecule has 146 valence electrons. The van der Waals surface area contributed by atoms with Gasteiger partial charge in [0.05, 0.1) is 0 Å². The number of carbonyl (C=O) groups excluding carboxylic acids is 2. The minimum absolute atomic E-state index is 0.0226. The Morgan fingerprint density at radius 3 is 2.46 bits per heavy atom. The number of ether oxygens (including phenoxy) is 1. The van der Waals surface area contributed by atoms with E-state index in [1.54, 1.807) is 0 Å². The second kappa shape index (κ2) is 6.97. The van der Waals surface area contributed by atoms with Crippen molar-refractivity contribution in [2.45, 2.75) is 77.7 Å². The Hall–Kier alpha value is -1.39. The fourth-order valence-corrected chi connectivity index (χ4v) is 6.90. The molecule has 0 saturated heterocycles. The minimum Gasteiger partial charge on any atom is -0.481 e. The van der Waals surface area contributed by atoms with Gasteiger partial charge in [-0.05, 0) is 75.0 Å². The van der Waals surface area contributed by atoms with Gasteiger partial charge in [-0.25, -0.2) is 0 Å². The van der Waals surface area contributed by atoms with E-state index in [1.807, 2.05) is 0 Å². The highest BCUT2D eigenvalue weighted by Crippen LogP contribution is 2.65. The highest BCUT2D eigenvalue weighted by molar-refractivity contribution is 5.67. The largest absolute Gasteiger partial charge is 0.481 e. The molecule has 0 spiro atoms. The van der Waals surface area contributed by atoms with Crippen molar-refractivity contribution < 1.29 is 24.2 Å². The Balaban J connectivity index is 1.84. The van der Waals surface area contributed by atoms with Crippen LogP contribution >= 0.6 is 0 Å². The molecule has 3 aliphatic carbocycles. The molecule has 26 heavy (non-hydrogen) atoms. The maximum atomic E-state index is 11.7. The van der Waals surface area contributed by atoms with Crippen LogP contribution in [0.4, 0.5) is 0 Å². The molecule has 0 aliphatic heterocycles. The molecule has 3 fully saturated rings. The third-order valence-electron chi connectivity index (χ3n) is 8.22. The van der Waals surface area contributed by atoms with Crippen molar-refractivity contribution in [3.05, 3.63) is 0 Å². The first-order valence-corrected chi connectivity index (χ1v) is 10.1. The zero-order chi connectivity index (χ0) is 19.1. The molecule has 0 bridgehead atoms. The van der Waals surface area contributed by atoms with Crippen LogP contribution in [0.15, 0.2) is 0 Å². The Labute approximate surface area is 155 Å². The molecule has 1 N–H and O–H groups in total. The van der Waals surface area contributed by atoms with Crippen LogP contribution in [-0.4, -0.2) is 28.9 Å². The fourth-order valence-electron chi connectivity index (χ4n) is 6.90. The summed E-state index contributed by atoms with van der Waals surface area (Å²) in [6, 6.07) is 0. The second-order valence-electron chi connectivity index (χ2n) is 9.26. The Bertz CT molecular complexity index is 587. The van der Waals surface area contributed by atoms with E-state index >= 15 is 0 Å². The van der Waals surface area contributed by atoms with E-state index in [9.17, 15) is 19.5 Å². The molecule has 0 aromatic heterocycles. The van der Waals surface area contributed by atoms with Crippen LogP contribution in [-0.2, 0) is 19.1 Å². The van der Waals surface area contributed by atoms with Crippen LogP contribution < -0.4 is 0 Å². The molecular formula is C21H32O5. The number of rotatable bonds is 5. The number of hydrogen-bond donors (Lipinski definition) is 1. The van der Waals surface area contributed by atoms with E-state index in [0.717, 1.165) is 44.8 Å². The molecule has 7 atom stereocenters. The number of aliphatic carboxylic acids is 1. The van der Waals surface area contributed by atoms with Crippen molar-refractivity contribution in [3.8, 4) is 0 Å². The first-order chi connectivity index (χ1) is 12.2. The summed E-state index contributed by atoms with van der Waals surface area (Å²) in [5, 5.41) is 9.25. The van der Waals surface area contributed by atoms with Gasteiger partial charge in [0.15, 0.2) is 0 Å². The minimum atomic E-state index is -0.756. The molecule has 0 aromatic carbocycles. The number of carboxylic acid groups (broad SMARTS) is 1. The number of aldehydes is 1. The summed E-state index contributed by atoms with van der Waals surface area (Å²) in [6.07, 6.45) is 7.50. The highest BCUT2D eigenvalue weighted by Gasteiger charge is 2.62. The molecular weight excluding hydrogens is 332 g/mol. The standard InChI is InChI=1S/C21H32O5/c1-13(23)26-21(3)10-7-18-17-5-4-14(12-19(24)25)15(8-11-22)16(17)6-9-20(18,21)2/h11,14-18H,4-10,12H2,1-3H3,(H,24,25)/t14-,15-,16+,17+,18-,20-,21-/m0/s1. The van der Waals surface area contributed by atoms with Gasteiger partial charge in [0, 0.05) is 25.2 Å². The normalized spacial score (nSPS) is 44.7. The van der Waals surface area contributed by atoms with Gasteiger partial charge >= 0.3 is 11.9 Å². The first kappa shape index (κ1) is 19.4. The predicted octanol–water partition coefficient (Wildman–Crippen LogP) is 3.84. The highest BCUT2D eigenvalue weighted by atomic mass is 16.6. The average Bonchev–Trinajstić information content (AvgIpc) is 2.80. The Kier molecular flexibility index (Phi) is 5.19. The predicted molar refractivity (Wildman–Crippen MR) is 96.4 cm³/mol. The van der Waals surface area contributed by atoms with Crippen molar-refractivity contribution in [1.29, 1.82) is 0 Å². The lowest BCUT2D eigenvalue weighted by atomic mass is 9.50. The van der Waals surface area contributed by atoms with Crippen molar-refractivity contribution in [2.24, 2.45) is 35.0 Å². The van der Waals surface area contributed by atoms with E-state index in [4.69, 9.17) is 4.74 Å². The van der Waals surface area contributed by atoms with Crippen LogP contribution in [0.1, 0.15) is 72.1 Å². The summed E-state index contributed by atoms with van der Waals surface area (Å²) < 4.78 is 5.83. The molecule has 0 amide bonds. The smallest absolute Gasteiger partial charge is 0.303 e. The van der Waals surface area contributed by atoms with Crippen LogP contribution in [0.5, 0.6) is 0 Å². The summed E-state index contributed by atoms with van der Waals surface area (Å²) >= 11 is 0. The molecule has 5 heteroatoms. The van der Waals surface area contributed by atoms with Crippen molar-refractivity contribution >= 4 is 18.2 Å².